The molecule has 0 aliphatic carbocycles. The van der Waals surface area contributed by atoms with Crippen molar-refractivity contribution in [2.75, 3.05) is 0 Å². The van der Waals surface area contributed by atoms with E-state index in [2.05, 4.69) is 205 Å². The summed E-state index contributed by atoms with van der Waals surface area (Å²) in [6.07, 6.45) is 0. The van der Waals surface area contributed by atoms with Crippen LogP contribution < -0.4 is 0 Å². The molecule has 4 aromatic heterocycles. The smallest absolute Gasteiger partial charge is 0.160 e. The van der Waals surface area contributed by atoms with Crippen LogP contribution in [-0.4, -0.2) is 19.5 Å². The summed E-state index contributed by atoms with van der Waals surface area (Å²) in [6.45, 7) is 0. The van der Waals surface area contributed by atoms with Crippen LogP contribution >= 0.6 is 0 Å². The second-order valence-electron chi connectivity index (χ2n) is 16.3. The molecule has 0 bridgehead atoms. The van der Waals surface area contributed by atoms with Gasteiger partial charge in [0.1, 0.15) is 11.2 Å². The molecular formula is C59H36N4O. The largest absolute Gasteiger partial charge is 0.456 e. The molecule has 0 N–H and O–H groups in total. The minimum absolute atomic E-state index is 0.661. The Hall–Kier alpha value is -8.67. The van der Waals surface area contributed by atoms with Crippen molar-refractivity contribution in [1.82, 2.24) is 19.5 Å². The third-order valence-corrected chi connectivity index (χ3v) is 12.6. The van der Waals surface area contributed by atoms with Crippen molar-refractivity contribution in [3.63, 3.8) is 0 Å². The maximum Gasteiger partial charge on any atom is 0.160 e. The van der Waals surface area contributed by atoms with Crippen LogP contribution in [0.4, 0.5) is 0 Å². The van der Waals surface area contributed by atoms with E-state index < -0.39 is 0 Å². The van der Waals surface area contributed by atoms with E-state index in [0.717, 1.165) is 99.8 Å². The highest BCUT2D eigenvalue weighted by Crippen LogP contribution is 2.47. The lowest BCUT2D eigenvalue weighted by Crippen LogP contribution is -1.97. The first-order valence-corrected chi connectivity index (χ1v) is 21.6. The third kappa shape index (κ3) is 5.75. The van der Waals surface area contributed by atoms with Gasteiger partial charge in [-0.05, 0) is 72.3 Å². The van der Waals surface area contributed by atoms with E-state index >= 15 is 0 Å². The van der Waals surface area contributed by atoms with Gasteiger partial charge in [0.05, 0.1) is 33.6 Å². The average Bonchev–Trinajstić information content (AvgIpc) is 3.91. The monoisotopic (exact) mass is 816 g/mol. The lowest BCUT2D eigenvalue weighted by Gasteiger charge is -2.16. The van der Waals surface area contributed by atoms with Crippen LogP contribution in [0.1, 0.15) is 0 Å². The Morgan fingerprint density at radius 2 is 0.922 bits per heavy atom. The van der Waals surface area contributed by atoms with Gasteiger partial charge in [0.15, 0.2) is 5.82 Å². The molecule has 0 fully saturated rings. The van der Waals surface area contributed by atoms with Crippen LogP contribution in [0.5, 0.6) is 0 Å². The Kier molecular flexibility index (Phi) is 8.15. The van der Waals surface area contributed by atoms with Crippen LogP contribution in [0.15, 0.2) is 223 Å². The minimum Gasteiger partial charge on any atom is -0.456 e. The number of hydrogen-bond donors (Lipinski definition) is 0. The Balaban J connectivity index is 1.02. The second kappa shape index (κ2) is 14.5. The van der Waals surface area contributed by atoms with E-state index in [0.29, 0.717) is 5.82 Å². The van der Waals surface area contributed by atoms with Gasteiger partial charge in [0.25, 0.3) is 0 Å². The Labute approximate surface area is 368 Å². The van der Waals surface area contributed by atoms with Gasteiger partial charge in [-0.1, -0.05) is 152 Å². The molecule has 13 rings (SSSR count). The van der Waals surface area contributed by atoms with Gasteiger partial charge >= 0.3 is 0 Å². The van der Waals surface area contributed by atoms with E-state index in [4.69, 9.17) is 19.4 Å². The average molecular weight is 817 g/mol. The molecule has 0 unspecified atom stereocenters. The molecule has 0 saturated carbocycles. The van der Waals surface area contributed by atoms with Gasteiger partial charge in [0.2, 0.25) is 0 Å². The maximum atomic E-state index is 6.69. The number of benzene rings is 9. The highest BCUT2D eigenvalue weighted by Gasteiger charge is 2.22. The van der Waals surface area contributed by atoms with Gasteiger partial charge in [0, 0.05) is 71.2 Å². The summed E-state index contributed by atoms with van der Waals surface area (Å²) < 4.78 is 9.03. The molecule has 0 aliphatic heterocycles. The fraction of sp³-hybridized carbons (Fsp3) is 0. The molecular weight excluding hydrogens is 781 g/mol. The lowest BCUT2D eigenvalue weighted by molar-refractivity contribution is 0.669. The molecule has 64 heavy (non-hydrogen) atoms. The highest BCUT2D eigenvalue weighted by molar-refractivity contribution is 6.28. The zero-order valence-electron chi connectivity index (χ0n) is 34.5. The first kappa shape index (κ1) is 36.0. The molecule has 298 valence electrons. The van der Waals surface area contributed by atoms with Crippen LogP contribution in [0.2, 0.25) is 0 Å². The molecule has 0 saturated heterocycles. The topological polar surface area (TPSA) is 56.7 Å². The van der Waals surface area contributed by atoms with Crippen molar-refractivity contribution < 1.29 is 4.42 Å². The molecule has 13 aromatic rings. The number of para-hydroxylation sites is 4. The number of nitrogens with zero attached hydrogens (tertiary/aromatic N) is 4. The summed E-state index contributed by atoms with van der Waals surface area (Å²) >= 11 is 0. The lowest BCUT2D eigenvalue weighted by atomic mass is 9.89. The van der Waals surface area contributed by atoms with Crippen molar-refractivity contribution in [2.45, 2.75) is 0 Å². The standard InChI is InChI=1S/C59H36N4O/c1-3-16-37(17-4-1)49-36-50(62-59(61-49)39-30-32-42(33-31-39)63-51-27-12-8-22-43(51)44-23-9-13-28-52(44)63)40-20-15-21-41(34-40)55-56-45-24-7-11-26-48(45)60-58(38-18-5-2-6-19-38)47(56)35-54-57(55)46-25-10-14-29-53(46)64-54/h1-36H. The normalized spacial score (nSPS) is 11.8. The Morgan fingerprint density at radius 1 is 0.344 bits per heavy atom. The zero-order valence-corrected chi connectivity index (χ0v) is 34.5. The molecule has 0 radical (unpaired) electrons. The van der Waals surface area contributed by atoms with Crippen molar-refractivity contribution in [3.05, 3.63) is 218 Å². The first-order valence-electron chi connectivity index (χ1n) is 21.6. The van der Waals surface area contributed by atoms with Gasteiger partial charge in [-0.15, -0.1) is 0 Å². The van der Waals surface area contributed by atoms with Crippen molar-refractivity contribution in [2.24, 2.45) is 0 Å². The minimum atomic E-state index is 0.661. The number of aromatic nitrogens is 4. The molecule has 4 heterocycles. The SMILES string of the molecule is c1ccc(-c2cc(-c3cccc(-c4c5c(cc6c(-c7ccccc7)nc7ccccc7c46)oc4ccccc45)c3)nc(-c3ccc(-n4c5ccccc5c5ccccc54)cc3)n2)cc1. The molecule has 5 nitrogen and oxygen atoms in total. The number of fused-ring (bicyclic) bond motifs is 9. The second-order valence-corrected chi connectivity index (χ2v) is 16.3. The Bertz CT molecular complexity index is 3890. The summed E-state index contributed by atoms with van der Waals surface area (Å²) in [5, 5.41) is 7.88. The number of pyridine rings is 1. The van der Waals surface area contributed by atoms with Crippen molar-refractivity contribution >= 4 is 65.4 Å². The molecule has 5 heteroatoms. The van der Waals surface area contributed by atoms with E-state index in [9.17, 15) is 0 Å². The predicted octanol–water partition coefficient (Wildman–Crippen LogP) is 15.5. The summed E-state index contributed by atoms with van der Waals surface area (Å²) in [5.41, 5.74) is 14.8. The Morgan fingerprint density at radius 3 is 1.66 bits per heavy atom. The maximum absolute atomic E-state index is 6.69. The summed E-state index contributed by atoms with van der Waals surface area (Å²) in [4.78, 5) is 15.9. The van der Waals surface area contributed by atoms with Gasteiger partial charge in [-0.2, -0.15) is 0 Å². The quantitative estimate of drug-likeness (QED) is 0.157. The van der Waals surface area contributed by atoms with Crippen LogP contribution in [0.3, 0.4) is 0 Å². The number of furan rings is 1. The highest BCUT2D eigenvalue weighted by atomic mass is 16.3. The number of rotatable bonds is 6. The first-order chi connectivity index (χ1) is 31.7. The van der Waals surface area contributed by atoms with Crippen LogP contribution in [0.25, 0.3) is 127 Å². The van der Waals surface area contributed by atoms with Crippen molar-refractivity contribution in [3.8, 4) is 62.0 Å². The van der Waals surface area contributed by atoms with Gasteiger partial charge in [-0.3, -0.25) is 0 Å². The van der Waals surface area contributed by atoms with Crippen LogP contribution in [0, 0.1) is 0 Å². The molecule has 0 amide bonds. The molecule has 9 aromatic carbocycles. The molecule has 0 atom stereocenters. The molecule has 0 aliphatic rings. The van der Waals surface area contributed by atoms with E-state index in [1.807, 2.05) is 18.2 Å². The van der Waals surface area contributed by atoms with E-state index in [-0.39, 0.29) is 0 Å². The summed E-state index contributed by atoms with van der Waals surface area (Å²) in [5.74, 6) is 0.661. The fourth-order valence-corrected chi connectivity index (χ4v) is 9.70. The van der Waals surface area contributed by atoms with E-state index in [1.54, 1.807) is 0 Å². The third-order valence-electron chi connectivity index (χ3n) is 12.6. The van der Waals surface area contributed by atoms with Gasteiger partial charge < -0.3 is 8.98 Å². The fourth-order valence-electron chi connectivity index (χ4n) is 9.70. The predicted molar refractivity (Wildman–Crippen MR) is 264 cm³/mol. The van der Waals surface area contributed by atoms with Crippen molar-refractivity contribution in [1.29, 1.82) is 0 Å². The molecule has 0 spiro atoms. The van der Waals surface area contributed by atoms with Crippen LogP contribution in [-0.2, 0) is 0 Å². The van der Waals surface area contributed by atoms with E-state index in [1.165, 1.54) is 21.8 Å². The van der Waals surface area contributed by atoms with Gasteiger partial charge in [-0.25, -0.2) is 15.0 Å². The zero-order chi connectivity index (χ0) is 42.1. The number of hydrogen-bond acceptors (Lipinski definition) is 4. The summed E-state index contributed by atoms with van der Waals surface area (Å²) in [7, 11) is 0. The summed E-state index contributed by atoms with van der Waals surface area (Å²) in [6, 6.07) is 76.6.